The number of hydrogen-bond donors (Lipinski definition) is 2. The number of rotatable bonds is 5. The van der Waals surface area contributed by atoms with Crippen molar-refractivity contribution in [1.29, 1.82) is 0 Å². The Labute approximate surface area is 137 Å². The zero-order chi connectivity index (χ0) is 15.5. The SMILES string of the molecule is CNCc1cccc(S(=O)(=O)Nc2cccc(Cl)c2Br)c1. The Morgan fingerprint density at radius 3 is 2.62 bits per heavy atom. The molecular weight excluding hydrogens is 376 g/mol. The summed E-state index contributed by atoms with van der Waals surface area (Å²) in [5.41, 5.74) is 1.30. The summed E-state index contributed by atoms with van der Waals surface area (Å²) in [6.45, 7) is 0.601. The Bertz CT molecular complexity index is 750. The zero-order valence-electron chi connectivity index (χ0n) is 11.2. The molecule has 112 valence electrons. The largest absolute Gasteiger partial charge is 0.316 e. The quantitative estimate of drug-likeness (QED) is 0.821. The second-order valence-electron chi connectivity index (χ2n) is 4.38. The third kappa shape index (κ3) is 3.97. The van der Waals surface area contributed by atoms with E-state index in [1.807, 2.05) is 13.1 Å². The summed E-state index contributed by atoms with van der Waals surface area (Å²) < 4.78 is 27.9. The number of nitrogens with one attached hydrogen (secondary N) is 2. The second kappa shape index (κ2) is 6.79. The minimum Gasteiger partial charge on any atom is -0.316 e. The number of sulfonamides is 1. The summed E-state index contributed by atoms with van der Waals surface area (Å²) in [7, 11) is -1.85. The van der Waals surface area contributed by atoms with Crippen LogP contribution in [0.3, 0.4) is 0 Å². The minimum absolute atomic E-state index is 0.210. The van der Waals surface area contributed by atoms with Crippen molar-refractivity contribution in [3.05, 3.63) is 57.5 Å². The van der Waals surface area contributed by atoms with E-state index >= 15 is 0 Å². The van der Waals surface area contributed by atoms with Crippen molar-refractivity contribution in [1.82, 2.24) is 5.32 Å². The maximum absolute atomic E-state index is 12.4. The molecule has 0 aliphatic rings. The highest BCUT2D eigenvalue weighted by molar-refractivity contribution is 9.10. The number of halogens is 2. The molecule has 4 nitrogen and oxygen atoms in total. The van der Waals surface area contributed by atoms with Gasteiger partial charge in [0.15, 0.2) is 0 Å². The van der Waals surface area contributed by atoms with E-state index in [1.165, 1.54) is 0 Å². The fourth-order valence-electron chi connectivity index (χ4n) is 1.81. The van der Waals surface area contributed by atoms with Gasteiger partial charge in [-0.25, -0.2) is 8.42 Å². The number of anilines is 1. The smallest absolute Gasteiger partial charge is 0.261 e. The average Bonchev–Trinajstić information content (AvgIpc) is 2.44. The molecule has 2 rings (SSSR count). The van der Waals surface area contributed by atoms with Crippen LogP contribution in [0.2, 0.25) is 5.02 Å². The van der Waals surface area contributed by atoms with Gasteiger partial charge in [0.2, 0.25) is 0 Å². The second-order valence-corrected chi connectivity index (χ2v) is 7.27. The molecule has 0 heterocycles. The maximum Gasteiger partial charge on any atom is 0.261 e. The fourth-order valence-corrected chi connectivity index (χ4v) is 3.62. The molecule has 0 fully saturated rings. The lowest BCUT2D eigenvalue weighted by Crippen LogP contribution is -2.14. The molecule has 0 saturated heterocycles. The number of benzene rings is 2. The molecule has 2 aromatic rings. The van der Waals surface area contributed by atoms with Gasteiger partial charge < -0.3 is 5.32 Å². The highest BCUT2D eigenvalue weighted by Crippen LogP contribution is 2.31. The Morgan fingerprint density at radius 2 is 1.90 bits per heavy atom. The van der Waals surface area contributed by atoms with Gasteiger partial charge >= 0.3 is 0 Å². The van der Waals surface area contributed by atoms with E-state index in [-0.39, 0.29) is 4.90 Å². The molecule has 0 radical (unpaired) electrons. The van der Waals surface area contributed by atoms with Crippen LogP contribution in [-0.2, 0) is 16.6 Å². The van der Waals surface area contributed by atoms with Gasteiger partial charge in [-0.3, -0.25) is 4.72 Å². The molecule has 21 heavy (non-hydrogen) atoms. The van der Waals surface area contributed by atoms with Gasteiger partial charge in [-0.1, -0.05) is 29.8 Å². The molecule has 0 atom stereocenters. The van der Waals surface area contributed by atoms with Crippen LogP contribution in [0.4, 0.5) is 5.69 Å². The molecule has 0 amide bonds. The summed E-state index contributed by atoms with van der Waals surface area (Å²) in [6, 6.07) is 11.8. The molecule has 2 N–H and O–H groups in total. The first-order valence-electron chi connectivity index (χ1n) is 6.14. The van der Waals surface area contributed by atoms with Crippen LogP contribution < -0.4 is 10.0 Å². The molecule has 0 aromatic heterocycles. The van der Waals surface area contributed by atoms with Crippen LogP contribution in [0.15, 0.2) is 51.8 Å². The maximum atomic E-state index is 12.4. The third-order valence-electron chi connectivity index (χ3n) is 2.79. The van der Waals surface area contributed by atoms with Crippen molar-refractivity contribution in [3.63, 3.8) is 0 Å². The third-order valence-corrected chi connectivity index (χ3v) is 5.55. The molecule has 7 heteroatoms. The first-order valence-corrected chi connectivity index (χ1v) is 8.80. The monoisotopic (exact) mass is 388 g/mol. The fraction of sp³-hybridized carbons (Fsp3) is 0.143. The Balaban J connectivity index is 2.34. The molecule has 0 saturated carbocycles. The van der Waals surface area contributed by atoms with Gasteiger partial charge in [0.1, 0.15) is 0 Å². The van der Waals surface area contributed by atoms with E-state index in [4.69, 9.17) is 11.6 Å². The first-order chi connectivity index (χ1) is 9.94. The normalized spacial score (nSPS) is 11.4. The lowest BCUT2D eigenvalue weighted by molar-refractivity contribution is 0.601. The Kier molecular flexibility index (Phi) is 5.27. The lowest BCUT2D eigenvalue weighted by atomic mass is 10.2. The topological polar surface area (TPSA) is 58.2 Å². The van der Waals surface area contributed by atoms with Crippen LogP contribution in [0.5, 0.6) is 0 Å². The van der Waals surface area contributed by atoms with Gasteiger partial charge in [-0.2, -0.15) is 0 Å². The van der Waals surface area contributed by atoms with E-state index in [2.05, 4.69) is 26.0 Å². The average molecular weight is 390 g/mol. The predicted octanol–water partition coefficient (Wildman–Crippen LogP) is 3.62. The summed E-state index contributed by atoms with van der Waals surface area (Å²) in [5, 5.41) is 3.43. The summed E-state index contributed by atoms with van der Waals surface area (Å²) >= 11 is 9.24. The Morgan fingerprint density at radius 1 is 1.19 bits per heavy atom. The molecule has 0 bridgehead atoms. The van der Waals surface area contributed by atoms with Gasteiger partial charge in [-0.05, 0) is 52.8 Å². The molecular formula is C14H14BrClN2O2S. The van der Waals surface area contributed by atoms with Crippen LogP contribution in [0.1, 0.15) is 5.56 Å². The molecule has 0 aliphatic carbocycles. The molecule has 0 spiro atoms. The van der Waals surface area contributed by atoms with E-state index < -0.39 is 10.0 Å². The highest BCUT2D eigenvalue weighted by atomic mass is 79.9. The van der Waals surface area contributed by atoms with Crippen LogP contribution in [0, 0.1) is 0 Å². The summed E-state index contributed by atoms with van der Waals surface area (Å²) in [4.78, 5) is 0.210. The van der Waals surface area contributed by atoms with Crippen molar-refractivity contribution in [2.45, 2.75) is 11.4 Å². The van der Waals surface area contributed by atoms with Crippen LogP contribution in [-0.4, -0.2) is 15.5 Å². The lowest BCUT2D eigenvalue weighted by Gasteiger charge is -2.11. The van der Waals surface area contributed by atoms with Gasteiger partial charge in [0, 0.05) is 6.54 Å². The zero-order valence-corrected chi connectivity index (χ0v) is 14.4. The van der Waals surface area contributed by atoms with Gasteiger partial charge in [0.05, 0.1) is 20.1 Å². The van der Waals surface area contributed by atoms with Gasteiger partial charge in [-0.15, -0.1) is 0 Å². The van der Waals surface area contributed by atoms with Crippen LogP contribution >= 0.6 is 27.5 Å². The van der Waals surface area contributed by atoms with Crippen molar-refractivity contribution < 1.29 is 8.42 Å². The molecule has 2 aromatic carbocycles. The van der Waals surface area contributed by atoms with Crippen molar-refractivity contribution in [3.8, 4) is 0 Å². The molecule has 0 aliphatic heterocycles. The van der Waals surface area contributed by atoms with Crippen molar-refractivity contribution in [2.75, 3.05) is 11.8 Å². The van der Waals surface area contributed by atoms with Crippen LogP contribution in [0.25, 0.3) is 0 Å². The van der Waals surface area contributed by atoms with E-state index in [0.717, 1.165) is 5.56 Å². The predicted molar refractivity (Wildman–Crippen MR) is 89.2 cm³/mol. The number of hydrogen-bond acceptors (Lipinski definition) is 3. The standard InChI is InChI=1S/C14H14BrClN2O2S/c1-17-9-10-4-2-5-11(8-10)21(19,20)18-13-7-3-6-12(16)14(13)15/h2-8,17-18H,9H2,1H3. The summed E-state index contributed by atoms with van der Waals surface area (Å²) in [5.74, 6) is 0. The van der Waals surface area contributed by atoms with Gasteiger partial charge in [0.25, 0.3) is 10.0 Å². The van der Waals surface area contributed by atoms with Crippen molar-refractivity contribution >= 4 is 43.2 Å². The van der Waals surface area contributed by atoms with E-state index in [9.17, 15) is 8.42 Å². The Hall–Kier alpha value is -1.08. The first kappa shape index (κ1) is 16.3. The van der Waals surface area contributed by atoms with E-state index in [0.29, 0.717) is 21.7 Å². The molecule has 0 unspecified atom stereocenters. The minimum atomic E-state index is -3.66. The summed E-state index contributed by atoms with van der Waals surface area (Å²) in [6.07, 6.45) is 0. The van der Waals surface area contributed by atoms with E-state index in [1.54, 1.807) is 36.4 Å². The van der Waals surface area contributed by atoms with Crippen molar-refractivity contribution in [2.24, 2.45) is 0 Å². The highest BCUT2D eigenvalue weighted by Gasteiger charge is 2.16.